The lowest BCUT2D eigenvalue weighted by atomic mass is 9.92. The molecule has 1 heterocycles. The lowest BCUT2D eigenvalue weighted by Crippen LogP contribution is -2.45. The zero-order valence-corrected chi connectivity index (χ0v) is 14.1. The molecule has 1 saturated heterocycles. The normalized spacial score (nSPS) is 31.6. The van der Waals surface area contributed by atoms with E-state index in [2.05, 4.69) is 29.5 Å². The molecular formula is C16H31N3O2. The van der Waals surface area contributed by atoms with Gasteiger partial charge in [-0.25, -0.2) is 4.79 Å². The monoisotopic (exact) mass is 297 g/mol. The van der Waals surface area contributed by atoms with E-state index in [4.69, 9.17) is 4.74 Å². The largest absolute Gasteiger partial charge is 0.444 e. The summed E-state index contributed by atoms with van der Waals surface area (Å²) in [7, 11) is 2.20. The van der Waals surface area contributed by atoms with Gasteiger partial charge in [-0.1, -0.05) is 0 Å². The summed E-state index contributed by atoms with van der Waals surface area (Å²) in [5.41, 5.74) is -0.429. The number of amides is 1. The van der Waals surface area contributed by atoms with Crippen LogP contribution in [0.4, 0.5) is 4.79 Å². The van der Waals surface area contributed by atoms with Crippen molar-refractivity contribution in [1.29, 1.82) is 0 Å². The highest BCUT2D eigenvalue weighted by molar-refractivity contribution is 5.68. The topological polar surface area (TPSA) is 53.6 Å². The molecule has 4 unspecified atom stereocenters. The van der Waals surface area contributed by atoms with Crippen molar-refractivity contribution in [3.8, 4) is 0 Å². The van der Waals surface area contributed by atoms with E-state index < -0.39 is 5.60 Å². The van der Waals surface area contributed by atoms with Gasteiger partial charge in [0.15, 0.2) is 0 Å². The highest BCUT2D eigenvalue weighted by Gasteiger charge is 2.41. The molecule has 122 valence electrons. The minimum atomic E-state index is -0.429. The number of hydrogen-bond donors (Lipinski definition) is 2. The molecule has 2 aliphatic rings. The van der Waals surface area contributed by atoms with E-state index in [-0.39, 0.29) is 12.1 Å². The first-order valence-corrected chi connectivity index (χ1v) is 8.19. The minimum Gasteiger partial charge on any atom is -0.444 e. The summed E-state index contributed by atoms with van der Waals surface area (Å²) in [4.78, 5) is 14.1. The van der Waals surface area contributed by atoms with Gasteiger partial charge in [-0.05, 0) is 66.5 Å². The molecule has 5 nitrogen and oxygen atoms in total. The van der Waals surface area contributed by atoms with E-state index in [1.165, 1.54) is 25.9 Å². The Morgan fingerprint density at radius 1 is 1.33 bits per heavy atom. The molecule has 1 amide bonds. The summed E-state index contributed by atoms with van der Waals surface area (Å²) in [6.45, 7) is 10.3. The second kappa shape index (κ2) is 6.53. The minimum absolute atomic E-state index is 0.226. The van der Waals surface area contributed by atoms with E-state index in [1.54, 1.807) is 0 Å². The maximum Gasteiger partial charge on any atom is 0.407 e. The summed E-state index contributed by atoms with van der Waals surface area (Å²) in [5.74, 6) is 0.714. The molecule has 0 spiro atoms. The van der Waals surface area contributed by atoms with Crippen LogP contribution in [0.3, 0.4) is 0 Å². The van der Waals surface area contributed by atoms with Crippen molar-refractivity contribution in [1.82, 2.24) is 15.5 Å². The number of ether oxygens (including phenoxy) is 1. The van der Waals surface area contributed by atoms with Crippen LogP contribution >= 0.6 is 0 Å². The Balaban J connectivity index is 1.68. The van der Waals surface area contributed by atoms with E-state index in [9.17, 15) is 4.79 Å². The Morgan fingerprint density at radius 2 is 2.05 bits per heavy atom. The van der Waals surface area contributed by atoms with Gasteiger partial charge < -0.3 is 20.3 Å². The van der Waals surface area contributed by atoms with E-state index >= 15 is 0 Å². The second-order valence-corrected chi connectivity index (χ2v) is 7.71. The summed E-state index contributed by atoms with van der Waals surface area (Å²) in [6, 6.07) is 1.13. The quantitative estimate of drug-likeness (QED) is 0.833. The molecule has 1 saturated carbocycles. The third-order valence-electron chi connectivity index (χ3n) is 4.34. The maximum absolute atomic E-state index is 11.7. The number of piperidine rings is 1. The fourth-order valence-electron chi connectivity index (χ4n) is 3.09. The van der Waals surface area contributed by atoms with Gasteiger partial charge in [0.2, 0.25) is 0 Å². The van der Waals surface area contributed by atoms with Gasteiger partial charge in [0, 0.05) is 24.7 Å². The summed E-state index contributed by atoms with van der Waals surface area (Å²) in [6.07, 6.45) is 3.29. The predicted octanol–water partition coefficient (Wildman–Crippen LogP) is 1.97. The summed E-state index contributed by atoms with van der Waals surface area (Å²) >= 11 is 0. The molecule has 0 radical (unpaired) electrons. The number of likely N-dealkylation sites (tertiary alicyclic amines) is 1. The van der Waals surface area contributed by atoms with Crippen LogP contribution in [0.5, 0.6) is 0 Å². The molecular weight excluding hydrogens is 266 g/mol. The third-order valence-corrected chi connectivity index (χ3v) is 4.34. The first-order valence-electron chi connectivity index (χ1n) is 8.19. The van der Waals surface area contributed by atoms with Crippen molar-refractivity contribution in [2.45, 2.75) is 70.7 Å². The number of alkyl carbamates (subject to hydrolysis) is 1. The van der Waals surface area contributed by atoms with E-state index in [0.717, 1.165) is 6.42 Å². The Kier molecular flexibility index (Phi) is 5.15. The van der Waals surface area contributed by atoms with Crippen molar-refractivity contribution in [2.24, 2.45) is 5.92 Å². The van der Waals surface area contributed by atoms with Crippen molar-refractivity contribution in [2.75, 3.05) is 20.1 Å². The average molecular weight is 297 g/mol. The number of carbonyl (C=O) groups is 1. The zero-order chi connectivity index (χ0) is 15.6. The highest BCUT2D eigenvalue weighted by atomic mass is 16.6. The Bertz CT molecular complexity index is 367. The fraction of sp³-hybridized carbons (Fsp3) is 0.938. The third kappa shape index (κ3) is 5.47. The molecule has 2 rings (SSSR count). The van der Waals surface area contributed by atoms with Crippen LogP contribution in [0, 0.1) is 5.92 Å². The van der Waals surface area contributed by atoms with Crippen molar-refractivity contribution < 1.29 is 9.53 Å². The van der Waals surface area contributed by atoms with Crippen molar-refractivity contribution >= 4 is 6.09 Å². The zero-order valence-electron chi connectivity index (χ0n) is 14.1. The van der Waals surface area contributed by atoms with Gasteiger partial charge in [0.05, 0.1) is 0 Å². The fourth-order valence-corrected chi connectivity index (χ4v) is 3.09. The van der Waals surface area contributed by atoms with Gasteiger partial charge >= 0.3 is 6.09 Å². The van der Waals surface area contributed by atoms with Gasteiger partial charge in [-0.3, -0.25) is 0 Å². The van der Waals surface area contributed by atoms with Gasteiger partial charge in [0.1, 0.15) is 5.60 Å². The number of hydrogen-bond acceptors (Lipinski definition) is 4. The van der Waals surface area contributed by atoms with Gasteiger partial charge in [0.25, 0.3) is 0 Å². The van der Waals surface area contributed by atoms with Gasteiger partial charge in [-0.15, -0.1) is 0 Å². The van der Waals surface area contributed by atoms with E-state index in [0.29, 0.717) is 18.0 Å². The van der Waals surface area contributed by atoms with Crippen molar-refractivity contribution in [3.63, 3.8) is 0 Å². The predicted molar refractivity (Wildman–Crippen MR) is 84.4 cm³/mol. The molecule has 0 bridgehead atoms. The van der Waals surface area contributed by atoms with Gasteiger partial charge in [-0.2, -0.15) is 0 Å². The van der Waals surface area contributed by atoms with Crippen LogP contribution in [0.15, 0.2) is 0 Å². The molecule has 0 aromatic heterocycles. The highest BCUT2D eigenvalue weighted by Crippen LogP contribution is 2.26. The molecule has 1 aliphatic carbocycles. The Labute approximate surface area is 128 Å². The van der Waals surface area contributed by atoms with E-state index in [1.807, 2.05) is 20.8 Å². The Morgan fingerprint density at radius 3 is 2.67 bits per heavy atom. The van der Waals surface area contributed by atoms with Crippen LogP contribution in [0.1, 0.15) is 47.0 Å². The smallest absolute Gasteiger partial charge is 0.407 e. The molecule has 1 aliphatic heterocycles. The first-order chi connectivity index (χ1) is 9.74. The molecule has 0 aromatic carbocycles. The first kappa shape index (κ1) is 16.6. The van der Waals surface area contributed by atoms with Crippen LogP contribution in [0.25, 0.3) is 0 Å². The van der Waals surface area contributed by atoms with Crippen LogP contribution in [-0.2, 0) is 4.74 Å². The molecule has 2 N–H and O–H groups in total. The lowest BCUT2D eigenvalue weighted by molar-refractivity contribution is 0.0521. The standard InChI is InChI=1S/C16H31N3O2/c1-11(12-7-6-8-19(5)10-12)17-13-9-14(13)18-15(20)21-16(2,3)4/h11-14,17H,6-10H2,1-5H3,(H,18,20). The number of carbonyl (C=O) groups excluding carboxylic acids is 1. The SMILES string of the molecule is CC(NC1CC1NC(=O)OC(C)(C)C)C1CCCN(C)C1. The number of nitrogens with one attached hydrogen (secondary N) is 2. The average Bonchev–Trinajstić information content (AvgIpc) is 3.04. The Hall–Kier alpha value is -0.810. The lowest BCUT2D eigenvalue weighted by Gasteiger charge is -2.34. The summed E-state index contributed by atoms with van der Waals surface area (Å²) in [5, 5.41) is 6.61. The molecule has 21 heavy (non-hydrogen) atoms. The number of rotatable bonds is 4. The van der Waals surface area contributed by atoms with Crippen LogP contribution in [-0.4, -0.2) is 54.9 Å². The molecule has 0 aromatic rings. The van der Waals surface area contributed by atoms with Crippen molar-refractivity contribution in [3.05, 3.63) is 0 Å². The second-order valence-electron chi connectivity index (χ2n) is 7.71. The van der Waals surface area contributed by atoms with Crippen LogP contribution in [0.2, 0.25) is 0 Å². The van der Waals surface area contributed by atoms with Crippen LogP contribution < -0.4 is 10.6 Å². The summed E-state index contributed by atoms with van der Waals surface area (Å²) < 4.78 is 5.29. The molecule has 2 fully saturated rings. The number of nitrogens with zero attached hydrogens (tertiary/aromatic N) is 1. The molecule has 4 atom stereocenters. The molecule has 5 heteroatoms. The maximum atomic E-state index is 11.7.